The van der Waals surface area contributed by atoms with E-state index < -0.39 is 0 Å². The van der Waals surface area contributed by atoms with Gasteiger partial charge in [0.2, 0.25) is 17.7 Å². The van der Waals surface area contributed by atoms with Gasteiger partial charge in [0, 0.05) is 25.7 Å². The Morgan fingerprint density at radius 1 is 1.12 bits per heavy atom. The molecule has 1 saturated carbocycles. The lowest BCUT2D eigenvalue weighted by atomic mass is 9.85. The van der Waals surface area contributed by atoms with Crippen LogP contribution in [0.25, 0.3) is 11.5 Å². The van der Waals surface area contributed by atoms with E-state index in [-0.39, 0.29) is 35.5 Å². The molecule has 4 atom stereocenters. The SMILES string of the molecule is CN=C(NCCN1C(=O)C2C3C=CC(C3)C2C1=O)NCc1coc(-c2ccc(C)cc2)n1. The molecule has 2 aromatic rings. The number of guanidine groups is 1. The summed E-state index contributed by atoms with van der Waals surface area (Å²) in [6.45, 7) is 3.25. The van der Waals surface area contributed by atoms with Crippen LogP contribution in [0.2, 0.25) is 0 Å². The number of rotatable bonds is 6. The Bertz CT molecular complexity index is 1060. The third-order valence-corrected chi connectivity index (χ3v) is 6.70. The van der Waals surface area contributed by atoms with Crippen LogP contribution in [-0.2, 0) is 16.1 Å². The van der Waals surface area contributed by atoms with Crippen LogP contribution in [0.5, 0.6) is 0 Å². The topological polar surface area (TPSA) is 99.8 Å². The van der Waals surface area contributed by atoms with E-state index in [9.17, 15) is 9.59 Å². The Hall–Kier alpha value is -3.42. The number of allylic oxidation sites excluding steroid dienone is 2. The van der Waals surface area contributed by atoms with Crippen molar-refractivity contribution >= 4 is 17.8 Å². The molecule has 2 heterocycles. The van der Waals surface area contributed by atoms with Crippen LogP contribution in [0, 0.1) is 30.6 Å². The maximum atomic E-state index is 12.8. The van der Waals surface area contributed by atoms with Crippen molar-refractivity contribution in [2.75, 3.05) is 20.1 Å². The summed E-state index contributed by atoms with van der Waals surface area (Å²) in [7, 11) is 1.68. The second kappa shape index (κ2) is 8.26. The molecule has 2 aliphatic carbocycles. The molecular weight excluding hydrogens is 406 g/mol. The smallest absolute Gasteiger partial charge is 0.233 e. The summed E-state index contributed by atoms with van der Waals surface area (Å²) in [6, 6.07) is 8.01. The van der Waals surface area contributed by atoms with E-state index in [4.69, 9.17) is 4.42 Å². The van der Waals surface area contributed by atoms with Gasteiger partial charge < -0.3 is 15.1 Å². The Kier molecular flexibility index (Phi) is 5.28. The number of hydrogen-bond acceptors (Lipinski definition) is 5. The summed E-state index contributed by atoms with van der Waals surface area (Å²) in [5.74, 6) is 1.29. The molecule has 3 aliphatic rings. The van der Waals surface area contributed by atoms with Crippen molar-refractivity contribution in [3.63, 3.8) is 0 Å². The highest BCUT2D eigenvalue weighted by Crippen LogP contribution is 2.52. The van der Waals surface area contributed by atoms with Crippen molar-refractivity contribution in [3.8, 4) is 11.5 Å². The summed E-state index contributed by atoms with van der Waals surface area (Å²) >= 11 is 0. The number of nitrogens with one attached hydrogen (secondary N) is 2. The number of aliphatic imine (C=N–C) groups is 1. The minimum atomic E-state index is -0.148. The van der Waals surface area contributed by atoms with Crippen molar-refractivity contribution < 1.29 is 14.0 Å². The lowest BCUT2D eigenvalue weighted by Crippen LogP contribution is -2.43. The highest BCUT2D eigenvalue weighted by molar-refractivity contribution is 6.06. The summed E-state index contributed by atoms with van der Waals surface area (Å²) in [5, 5.41) is 6.36. The molecule has 4 unspecified atom stereocenters. The molecule has 5 rings (SSSR count). The van der Waals surface area contributed by atoms with Crippen LogP contribution < -0.4 is 10.6 Å². The molecule has 0 spiro atoms. The Balaban J connectivity index is 1.11. The van der Waals surface area contributed by atoms with E-state index in [0.717, 1.165) is 17.7 Å². The molecule has 166 valence electrons. The van der Waals surface area contributed by atoms with Crippen molar-refractivity contribution in [2.24, 2.45) is 28.7 Å². The number of likely N-dealkylation sites (tertiary alicyclic amines) is 1. The lowest BCUT2D eigenvalue weighted by Gasteiger charge is -2.18. The first kappa shape index (κ1) is 20.5. The molecule has 2 N–H and O–H groups in total. The zero-order valence-corrected chi connectivity index (χ0v) is 18.2. The standard InChI is InChI=1S/C24H27N5O3/c1-14-3-5-15(6-4-14)21-28-18(13-32-21)12-27-24(25-2)26-9-10-29-22(30)19-16-7-8-17(11-16)20(19)23(29)31/h3-8,13,16-17,19-20H,9-12H2,1-2H3,(H2,25,26,27). The van der Waals surface area contributed by atoms with Crippen LogP contribution >= 0.6 is 0 Å². The van der Waals surface area contributed by atoms with Crippen LogP contribution in [0.15, 0.2) is 52.1 Å². The quantitative estimate of drug-likeness (QED) is 0.313. The molecule has 1 aromatic heterocycles. The third-order valence-electron chi connectivity index (χ3n) is 6.70. The van der Waals surface area contributed by atoms with Gasteiger partial charge in [-0.15, -0.1) is 0 Å². The molecule has 8 nitrogen and oxygen atoms in total. The highest BCUT2D eigenvalue weighted by atomic mass is 16.3. The molecule has 1 aliphatic heterocycles. The Morgan fingerprint density at radius 3 is 2.47 bits per heavy atom. The number of aromatic nitrogens is 1. The van der Waals surface area contributed by atoms with Gasteiger partial charge in [0.05, 0.1) is 24.1 Å². The number of benzene rings is 1. The minimum Gasteiger partial charge on any atom is -0.444 e. The first-order valence-corrected chi connectivity index (χ1v) is 11.0. The van der Waals surface area contributed by atoms with Gasteiger partial charge in [-0.05, 0) is 37.3 Å². The number of amides is 2. The van der Waals surface area contributed by atoms with Crippen LogP contribution in [0.1, 0.15) is 17.7 Å². The van der Waals surface area contributed by atoms with Crippen molar-refractivity contribution in [1.82, 2.24) is 20.5 Å². The van der Waals surface area contributed by atoms with Gasteiger partial charge in [0.15, 0.2) is 5.96 Å². The maximum absolute atomic E-state index is 12.8. The lowest BCUT2D eigenvalue weighted by molar-refractivity contribution is -0.140. The Labute approximate surface area is 186 Å². The predicted octanol–water partition coefficient (Wildman–Crippen LogP) is 2.12. The zero-order chi connectivity index (χ0) is 22.2. The molecule has 1 saturated heterocycles. The van der Waals surface area contributed by atoms with Gasteiger partial charge in [0.25, 0.3) is 0 Å². The maximum Gasteiger partial charge on any atom is 0.233 e. The molecule has 0 radical (unpaired) electrons. The second-order valence-corrected chi connectivity index (χ2v) is 8.69. The summed E-state index contributed by atoms with van der Waals surface area (Å²) in [6.07, 6.45) is 6.79. The van der Waals surface area contributed by atoms with E-state index in [1.54, 1.807) is 13.3 Å². The van der Waals surface area contributed by atoms with Crippen molar-refractivity contribution in [1.29, 1.82) is 0 Å². The number of oxazole rings is 1. The van der Waals surface area contributed by atoms with Gasteiger partial charge >= 0.3 is 0 Å². The summed E-state index contributed by atoms with van der Waals surface area (Å²) < 4.78 is 5.59. The monoisotopic (exact) mass is 433 g/mol. The average Bonchev–Trinajstić information content (AvgIpc) is 3.57. The number of aryl methyl sites for hydroxylation is 1. The minimum absolute atomic E-state index is 0.0205. The van der Waals surface area contributed by atoms with Gasteiger partial charge in [-0.25, -0.2) is 4.98 Å². The predicted molar refractivity (Wildman–Crippen MR) is 119 cm³/mol. The van der Waals surface area contributed by atoms with Crippen molar-refractivity contribution in [3.05, 3.63) is 53.9 Å². The van der Waals surface area contributed by atoms with E-state index in [1.807, 2.05) is 31.2 Å². The zero-order valence-electron chi connectivity index (χ0n) is 18.2. The van der Waals surface area contributed by atoms with E-state index in [1.165, 1.54) is 10.5 Å². The molecule has 32 heavy (non-hydrogen) atoms. The first-order chi connectivity index (χ1) is 15.5. The average molecular weight is 434 g/mol. The largest absolute Gasteiger partial charge is 0.444 e. The fourth-order valence-electron chi connectivity index (χ4n) is 5.08. The second-order valence-electron chi connectivity index (χ2n) is 8.69. The number of fused-ring (bicyclic) bond motifs is 5. The summed E-state index contributed by atoms with van der Waals surface area (Å²) in [4.78, 5) is 35.7. The normalized spacial score (nSPS) is 26.2. The molecule has 8 heteroatoms. The molecule has 2 amide bonds. The van der Waals surface area contributed by atoms with Gasteiger partial charge in [-0.3, -0.25) is 19.5 Å². The third kappa shape index (κ3) is 3.59. The van der Waals surface area contributed by atoms with E-state index in [0.29, 0.717) is 31.5 Å². The first-order valence-electron chi connectivity index (χ1n) is 11.0. The van der Waals surface area contributed by atoms with Crippen molar-refractivity contribution in [2.45, 2.75) is 19.9 Å². The van der Waals surface area contributed by atoms with Crippen LogP contribution in [0.3, 0.4) is 0 Å². The van der Waals surface area contributed by atoms with E-state index >= 15 is 0 Å². The Morgan fingerprint density at radius 2 is 1.81 bits per heavy atom. The number of carbonyl (C=O) groups excluding carboxylic acids is 2. The number of imide groups is 1. The molecule has 2 bridgehead atoms. The summed E-state index contributed by atoms with van der Waals surface area (Å²) in [5.41, 5.74) is 2.86. The van der Waals surface area contributed by atoms with Crippen LogP contribution in [0.4, 0.5) is 0 Å². The molecular formula is C24H27N5O3. The molecule has 1 aromatic carbocycles. The number of nitrogens with zero attached hydrogens (tertiary/aromatic N) is 3. The number of carbonyl (C=O) groups is 2. The number of hydrogen-bond donors (Lipinski definition) is 2. The molecule has 2 fully saturated rings. The van der Waals surface area contributed by atoms with Gasteiger partial charge in [-0.1, -0.05) is 29.8 Å². The van der Waals surface area contributed by atoms with Crippen LogP contribution in [-0.4, -0.2) is 47.8 Å². The van der Waals surface area contributed by atoms with Gasteiger partial charge in [0.1, 0.15) is 6.26 Å². The fourth-order valence-corrected chi connectivity index (χ4v) is 5.08. The van der Waals surface area contributed by atoms with E-state index in [2.05, 4.69) is 32.8 Å². The highest BCUT2D eigenvalue weighted by Gasteiger charge is 2.58. The van der Waals surface area contributed by atoms with Gasteiger partial charge in [-0.2, -0.15) is 0 Å². The fraction of sp³-hybridized carbons (Fsp3) is 0.417.